The van der Waals surface area contributed by atoms with Crippen LogP contribution in [0.5, 0.6) is 0 Å². The van der Waals surface area contributed by atoms with Crippen LogP contribution in [0.1, 0.15) is 19.3 Å². The molecule has 2 aliphatic carbocycles. The maximum absolute atomic E-state index is 12.5. The van der Waals surface area contributed by atoms with Crippen molar-refractivity contribution in [3.05, 3.63) is 30.3 Å². The van der Waals surface area contributed by atoms with Crippen LogP contribution in [0, 0.1) is 11.8 Å². The first-order chi connectivity index (χ1) is 8.19. The average molecular weight is 249 g/mol. The van der Waals surface area contributed by atoms with Crippen LogP contribution in [-0.4, -0.2) is 24.8 Å². The first-order valence-corrected chi connectivity index (χ1v) is 7.72. The van der Waals surface area contributed by atoms with E-state index in [9.17, 15) is 8.42 Å². The van der Waals surface area contributed by atoms with E-state index in [-0.39, 0.29) is 0 Å². The molecule has 3 fully saturated rings. The Morgan fingerprint density at radius 3 is 2.18 bits per heavy atom. The summed E-state index contributed by atoms with van der Waals surface area (Å²) in [5.74, 6) is 1.28. The Kier molecular flexibility index (Phi) is 1.85. The predicted molar refractivity (Wildman–Crippen MR) is 63.9 cm³/mol. The van der Waals surface area contributed by atoms with E-state index in [4.69, 9.17) is 0 Å². The van der Waals surface area contributed by atoms with E-state index in [0.29, 0.717) is 28.8 Å². The molecule has 90 valence electrons. The highest BCUT2D eigenvalue weighted by atomic mass is 32.2. The van der Waals surface area contributed by atoms with E-state index in [1.54, 1.807) is 28.6 Å². The fourth-order valence-electron chi connectivity index (χ4n) is 3.93. The van der Waals surface area contributed by atoms with Crippen LogP contribution < -0.4 is 0 Å². The van der Waals surface area contributed by atoms with Gasteiger partial charge in [0.2, 0.25) is 10.0 Å². The van der Waals surface area contributed by atoms with Crippen LogP contribution in [0.2, 0.25) is 0 Å². The van der Waals surface area contributed by atoms with E-state index in [1.165, 1.54) is 19.3 Å². The van der Waals surface area contributed by atoms with E-state index in [0.717, 1.165) is 0 Å². The minimum absolute atomic E-state index is 0.332. The Hall–Kier alpha value is -0.870. The summed E-state index contributed by atoms with van der Waals surface area (Å²) in [5, 5.41) is 0. The molecular weight excluding hydrogens is 234 g/mol. The number of hydrogen-bond donors (Lipinski definition) is 0. The summed E-state index contributed by atoms with van der Waals surface area (Å²) in [6.45, 7) is 0. The van der Waals surface area contributed by atoms with Crippen molar-refractivity contribution in [1.29, 1.82) is 0 Å². The van der Waals surface area contributed by atoms with Crippen molar-refractivity contribution >= 4 is 10.0 Å². The molecule has 0 radical (unpaired) electrons. The zero-order valence-electron chi connectivity index (χ0n) is 9.49. The van der Waals surface area contributed by atoms with E-state index in [2.05, 4.69) is 0 Å². The Labute approximate surface area is 101 Å². The number of piperidine rings is 1. The highest BCUT2D eigenvalue weighted by Crippen LogP contribution is 2.60. The summed E-state index contributed by atoms with van der Waals surface area (Å²) in [7, 11) is -3.22. The fraction of sp³-hybridized carbons (Fsp3) is 0.538. The molecule has 4 rings (SSSR count). The van der Waals surface area contributed by atoms with E-state index >= 15 is 0 Å². The number of rotatable bonds is 2. The fourth-order valence-corrected chi connectivity index (χ4v) is 5.85. The largest absolute Gasteiger partial charge is 0.243 e. The molecule has 3 nitrogen and oxygen atoms in total. The first-order valence-electron chi connectivity index (χ1n) is 6.28. The van der Waals surface area contributed by atoms with Gasteiger partial charge in [0.1, 0.15) is 0 Å². The smallest absolute Gasteiger partial charge is 0.207 e. The van der Waals surface area contributed by atoms with Gasteiger partial charge in [-0.3, -0.25) is 0 Å². The van der Waals surface area contributed by atoms with Crippen LogP contribution in [0.4, 0.5) is 0 Å². The predicted octanol–water partition coefficient (Wildman–Crippen LogP) is 1.86. The summed E-state index contributed by atoms with van der Waals surface area (Å²) in [4.78, 5) is 0.453. The summed E-state index contributed by atoms with van der Waals surface area (Å²) in [6.07, 6.45) is 3.72. The quantitative estimate of drug-likeness (QED) is 0.750. The topological polar surface area (TPSA) is 37.1 Å². The molecular formula is C13H15NO2S. The second kappa shape index (κ2) is 3.12. The lowest BCUT2D eigenvalue weighted by atomic mass is 10.0. The zero-order valence-corrected chi connectivity index (χ0v) is 10.3. The number of sulfonamides is 1. The summed E-state index contributed by atoms with van der Waals surface area (Å²) in [5.41, 5.74) is 0. The Morgan fingerprint density at radius 1 is 1.00 bits per heavy atom. The monoisotopic (exact) mass is 249 g/mol. The minimum atomic E-state index is -3.22. The van der Waals surface area contributed by atoms with Crippen LogP contribution in [0.15, 0.2) is 35.2 Å². The molecule has 0 aromatic heterocycles. The molecule has 0 amide bonds. The molecule has 1 aliphatic heterocycles. The molecule has 5 atom stereocenters. The second-order valence-electron chi connectivity index (χ2n) is 5.46. The van der Waals surface area contributed by atoms with Crippen molar-refractivity contribution in [3.8, 4) is 0 Å². The lowest BCUT2D eigenvalue weighted by molar-refractivity contribution is 0.447. The second-order valence-corrected chi connectivity index (χ2v) is 7.31. The van der Waals surface area contributed by atoms with E-state index < -0.39 is 10.0 Å². The Bertz CT molecular complexity index is 538. The van der Waals surface area contributed by atoms with Crippen LogP contribution in [0.3, 0.4) is 0 Å². The van der Waals surface area contributed by atoms with Crippen molar-refractivity contribution in [3.63, 3.8) is 0 Å². The molecule has 2 saturated carbocycles. The highest BCUT2D eigenvalue weighted by molar-refractivity contribution is 7.89. The molecule has 4 heteroatoms. The molecule has 2 bridgehead atoms. The van der Waals surface area contributed by atoms with Crippen molar-refractivity contribution in [2.45, 2.75) is 36.2 Å². The maximum atomic E-state index is 12.5. The van der Waals surface area contributed by atoms with Crippen molar-refractivity contribution < 1.29 is 8.42 Å². The lowest BCUT2D eigenvalue weighted by Gasteiger charge is -2.12. The highest BCUT2D eigenvalue weighted by Gasteiger charge is 2.68. The molecule has 3 aliphatic rings. The average Bonchev–Trinajstić information content (AvgIpc) is 2.83. The zero-order chi connectivity index (χ0) is 11.6. The molecule has 1 heterocycles. The van der Waals surface area contributed by atoms with Gasteiger partial charge in [-0.1, -0.05) is 18.2 Å². The van der Waals surface area contributed by atoms with Gasteiger partial charge < -0.3 is 0 Å². The third kappa shape index (κ3) is 1.23. The van der Waals surface area contributed by atoms with Gasteiger partial charge >= 0.3 is 0 Å². The number of hydrogen-bond acceptors (Lipinski definition) is 2. The normalized spacial score (nSPS) is 42.5. The minimum Gasteiger partial charge on any atom is -0.207 e. The molecule has 1 aromatic rings. The SMILES string of the molecule is O=S(=O)(c1ccccc1)N1[C@@H]2[C@H]3CC[C@@H](C3)[C@@H]21. The molecule has 1 unspecified atom stereocenters. The van der Waals surface area contributed by atoms with Gasteiger partial charge in [0.05, 0.1) is 4.90 Å². The molecule has 1 aromatic carbocycles. The molecule has 1 saturated heterocycles. The lowest BCUT2D eigenvalue weighted by Crippen LogP contribution is -2.21. The van der Waals surface area contributed by atoms with Gasteiger partial charge in [-0.25, -0.2) is 8.42 Å². The summed E-state index contributed by atoms with van der Waals surface area (Å²) >= 11 is 0. The van der Waals surface area contributed by atoms with Gasteiger partial charge in [0.15, 0.2) is 0 Å². The third-order valence-corrected chi connectivity index (χ3v) is 6.56. The summed E-state index contributed by atoms with van der Waals surface area (Å²) in [6, 6.07) is 9.50. The van der Waals surface area contributed by atoms with Gasteiger partial charge in [0, 0.05) is 12.1 Å². The van der Waals surface area contributed by atoms with Crippen molar-refractivity contribution in [1.82, 2.24) is 4.31 Å². The number of fused-ring (bicyclic) bond motifs is 5. The van der Waals surface area contributed by atoms with Crippen LogP contribution in [-0.2, 0) is 10.0 Å². The van der Waals surface area contributed by atoms with Gasteiger partial charge in [-0.05, 0) is 43.2 Å². The van der Waals surface area contributed by atoms with Gasteiger partial charge in [-0.2, -0.15) is 4.31 Å². The number of nitrogens with zero attached hydrogens (tertiary/aromatic N) is 1. The molecule has 0 N–H and O–H groups in total. The van der Waals surface area contributed by atoms with E-state index in [1.807, 2.05) is 6.07 Å². The van der Waals surface area contributed by atoms with Gasteiger partial charge in [0.25, 0.3) is 0 Å². The molecule has 0 spiro atoms. The van der Waals surface area contributed by atoms with Crippen molar-refractivity contribution in [2.75, 3.05) is 0 Å². The first kappa shape index (κ1) is 10.1. The van der Waals surface area contributed by atoms with Crippen LogP contribution >= 0.6 is 0 Å². The standard InChI is InChI=1S/C13H15NO2S/c15-17(16,11-4-2-1-3-5-11)14-12-9-6-7-10(8-9)13(12)14/h1-5,9-10,12-13H,6-8H2/t9-,10-,12-,13+,14?/m0/s1. The van der Waals surface area contributed by atoms with Gasteiger partial charge in [-0.15, -0.1) is 0 Å². The summed E-state index contributed by atoms with van der Waals surface area (Å²) < 4.78 is 26.7. The molecule has 17 heavy (non-hydrogen) atoms. The Morgan fingerprint density at radius 2 is 1.59 bits per heavy atom. The number of benzene rings is 1. The van der Waals surface area contributed by atoms with Crippen LogP contribution in [0.25, 0.3) is 0 Å². The third-order valence-electron chi connectivity index (χ3n) is 4.65. The Balaban J connectivity index is 1.70. The maximum Gasteiger partial charge on any atom is 0.243 e. The van der Waals surface area contributed by atoms with Crippen molar-refractivity contribution in [2.24, 2.45) is 11.8 Å².